The molecule has 0 spiro atoms. The van der Waals surface area contributed by atoms with Crippen molar-refractivity contribution >= 4 is 5.78 Å². The molecule has 2 aromatic rings. The molecule has 0 saturated carbocycles. The predicted octanol–water partition coefficient (Wildman–Crippen LogP) is 0.738. The second-order valence-corrected chi connectivity index (χ2v) is 4.37. The summed E-state index contributed by atoms with van der Waals surface area (Å²) in [6.07, 6.45) is 1.39. The van der Waals surface area contributed by atoms with Crippen LogP contribution in [0.15, 0.2) is 46.1 Å². The molecule has 0 atom stereocenters. The van der Waals surface area contributed by atoms with Crippen molar-refractivity contribution in [1.29, 1.82) is 0 Å². The summed E-state index contributed by atoms with van der Waals surface area (Å²) in [5, 5.41) is 0. The smallest absolute Gasteiger partial charge is 0.303 e. The first-order chi connectivity index (χ1) is 9.00. The molecular weight excluding hydrogens is 244 g/mol. The van der Waals surface area contributed by atoms with Crippen LogP contribution in [0.25, 0.3) is 0 Å². The average Bonchev–Trinajstić information content (AvgIpc) is 2.39. The second-order valence-electron chi connectivity index (χ2n) is 4.37. The molecule has 1 aromatic heterocycles. The van der Waals surface area contributed by atoms with Crippen molar-refractivity contribution in [2.45, 2.75) is 13.5 Å². The van der Waals surface area contributed by atoms with E-state index in [9.17, 15) is 14.4 Å². The van der Waals surface area contributed by atoms with Crippen LogP contribution >= 0.6 is 0 Å². The first-order valence-electron chi connectivity index (χ1n) is 5.86. The normalized spacial score (nSPS) is 10.4. The lowest BCUT2D eigenvalue weighted by molar-refractivity contribution is 0.0968. The first kappa shape index (κ1) is 13.0. The number of benzene rings is 1. The third kappa shape index (κ3) is 2.54. The summed E-state index contributed by atoms with van der Waals surface area (Å²) >= 11 is 0. The van der Waals surface area contributed by atoms with E-state index in [0.29, 0.717) is 5.56 Å². The lowest BCUT2D eigenvalue weighted by atomic mass is 10.1. The highest BCUT2D eigenvalue weighted by Crippen LogP contribution is 2.08. The molecule has 5 nitrogen and oxygen atoms in total. The Morgan fingerprint density at radius 2 is 1.84 bits per heavy atom. The highest BCUT2D eigenvalue weighted by molar-refractivity contribution is 5.97. The fourth-order valence-corrected chi connectivity index (χ4v) is 1.87. The van der Waals surface area contributed by atoms with Gasteiger partial charge in [-0.3, -0.25) is 14.2 Å². The molecular formula is C14H14N2O3. The molecule has 2 rings (SSSR count). The van der Waals surface area contributed by atoms with Crippen LogP contribution in [0, 0.1) is 6.92 Å². The van der Waals surface area contributed by atoms with E-state index < -0.39 is 11.2 Å². The molecule has 0 aliphatic rings. The standard InChI is InChI=1S/C14H14N2O3/c1-10-5-3-4-6-11(10)12(17)9-16-13(18)7-8-15(2)14(16)19/h3-8H,9H2,1-2H3. The quantitative estimate of drug-likeness (QED) is 0.763. The number of aromatic nitrogens is 2. The minimum Gasteiger partial charge on any atom is -0.303 e. The van der Waals surface area contributed by atoms with Crippen LogP contribution in [0.2, 0.25) is 0 Å². The van der Waals surface area contributed by atoms with E-state index in [-0.39, 0.29) is 12.3 Å². The summed E-state index contributed by atoms with van der Waals surface area (Å²) in [5.41, 5.74) is 0.396. The lowest BCUT2D eigenvalue weighted by Crippen LogP contribution is -2.39. The minimum atomic E-state index is -0.491. The largest absolute Gasteiger partial charge is 0.331 e. The van der Waals surface area contributed by atoms with Gasteiger partial charge in [-0.1, -0.05) is 24.3 Å². The summed E-state index contributed by atoms with van der Waals surface area (Å²) in [7, 11) is 1.54. The van der Waals surface area contributed by atoms with Gasteiger partial charge in [-0.05, 0) is 12.5 Å². The highest BCUT2D eigenvalue weighted by atomic mass is 16.2. The minimum absolute atomic E-state index is 0.239. The van der Waals surface area contributed by atoms with E-state index in [4.69, 9.17) is 0 Å². The molecule has 98 valence electrons. The van der Waals surface area contributed by atoms with Gasteiger partial charge in [0.15, 0.2) is 5.78 Å². The number of rotatable bonds is 3. The third-order valence-corrected chi connectivity index (χ3v) is 2.99. The van der Waals surface area contributed by atoms with E-state index in [1.165, 1.54) is 23.9 Å². The zero-order valence-corrected chi connectivity index (χ0v) is 10.8. The van der Waals surface area contributed by atoms with E-state index in [2.05, 4.69) is 0 Å². The fourth-order valence-electron chi connectivity index (χ4n) is 1.87. The zero-order chi connectivity index (χ0) is 14.0. The topological polar surface area (TPSA) is 61.1 Å². The van der Waals surface area contributed by atoms with Crippen molar-refractivity contribution in [3.8, 4) is 0 Å². The Morgan fingerprint density at radius 3 is 2.53 bits per heavy atom. The lowest BCUT2D eigenvalue weighted by Gasteiger charge is -2.07. The molecule has 0 fully saturated rings. The van der Waals surface area contributed by atoms with E-state index in [0.717, 1.165) is 10.1 Å². The third-order valence-electron chi connectivity index (χ3n) is 2.99. The number of nitrogens with zero attached hydrogens (tertiary/aromatic N) is 2. The van der Waals surface area contributed by atoms with Crippen molar-refractivity contribution < 1.29 is 4.79 Å². The number of ketones is 1. The summed E-state index contributed by atoms with van der Waals surface area (Å²) < 4.78 is 2.21. The second kappa shape index (κ2) is 5.06. The average molecular weight is 258 g/mol. The Kier molecular flexibility index (Phi) is 3.46. The maximum Gasteiger partial charge on any atom is 0.331 e. The van der Waals surface area contributed by atoms with Crippen LogP contribution in [0.1, 0.15) is 15.9 Å². The van der Waals surface area contributed by atoms with Crippen molar-refractivity contribution in [3.05, 3.63) is 68.5 Å². The summed E-state index contributed by atoms with van der Waals surface area (Å²) in [4.78, 5) is 35.6. The van der Waals surface area contributed by atoms with Gasteiger partial charge in [-0.15, -0.1) is 0 Å². The Morgan fingerprint density at radius 1 is 1.16 bits per heavy atom. The van der Waals surface area contributed by atoms with Gasteiger partial charge in [-0.2, -0.15) is 0 Å². The van der Waals surface area contributed by atoms with Gasteiger partial charge in [0.1, 0.15) is 0 Å². The fraction of sp³-hybridized carbons (Fsp3) is 0.214. The van der Waals surface area contributed by atoms with Crippen LogP contribution in [-0.4, -0.2) is 14.9 Å². The molecule has 0 bridgehead atoms. The van der Waals surface area contributed by atoms with Gasteiger partial charge in [0, 0.05) is 24.9 Å². The Labute approximate surface area is 109 Å². The molecule has 19 heavy (non-hydrogen) atoms. The Balaban J connectivity index is 2.41. The molecule has 0 aliphatic heterocycles. The van der Waals surface area contributed by atoms with Gasteiger partial charge in [0.05, 0.1) is 6.54 Å². The van der Waals surface area contributed by atoms with Crippen molar-refractivity contribution in [2.24, 2.45) is 7.05 Å². The van der Waals surface area contributed by atoms with Crippen LogP contribution in [0.3, 0.4) is 0 Å². The van der Waals surface area contributed by atoms with E-state index in [1.807, 2.05) is 19.1 Å². The maximum atomic E-state index is 12.1. The number of Topliss-reactive ketones (excluding diaryl/α,β-unsaturated/α-hetero) is 1. The molecule has 0 N–H and O–H groups in total. The number of hydrogen-bond acceptors (Lipinski definition) is 3. The van der Waals surface area contributed by atoms with Gasteiger partial charge in [0.2, 0.25) is 0 Å². The van der Waals surface area contributed by atoms with Crippen LogP contribution < -0.4 is 11.2 Å². The molecule has 0 saturated heterocycles. The molecule has 0 aliphatic carbocycles. The zero-order valence-electron chi connectivity index (χ0n) is 10.8. The van der Waals surface area contributed by atoms with Gasteiger partial charge >= 0.3 is 5.69 Å². The van der Waals surface area contributed by atoms with Crippen molar-refractivity contribution in [2.75, 3.05) is 0 Å². The van der Waals surface area contributed by atoms with Crippen molar-refractivity contribution in [1.82, 2.24) is 9.13 Å². The Bertz CT molecular complexity index is 741. The number of aryl methyl sites for hydroxylation is 2. The summed E-state index contributed by atoms with van der Waals surface area (Å²) in [6.45, 7) is 1.58. The SMILES string of the molecule is Cc1ccccc1C(=O)Cn1c(=O)ccn(C)c1=O. The number of hydrogen-bond donors (Lipinski definition) is 0. The molecule has 0 amide bonds. The predicted molar refractivity (Wildman–Crippen MR) is 71.5 cm³/mol. The van der Waals surface area contributed by atoms with Crippen molar-refractivity contribution in [3.63, 3.8) is 0 Å². The number of carbonyl (C=O) groups excluding carboxylic acids is 1. The molecule has 1 heterocycles. The van der Waals surface area contributed by atoms with Crippen LogP contribution in [0.4, 0.5) is 0 Å². The van der Waals surface area contributed by atoms with Gasteiger partial charge < -0.3 is 4.57 Å². The van der Waals surface area contributed by atoms with Crippen LogP contribution in [-0.2, 0) is 13.6 Å². The maximum absolute atomic E-state index is 12.1. The molecule has 0 radical (unpaired) electrons. The van der Waals surface area contributed by atoms with E-state index in [1.54, 1.807) is 12.1 Å². The molecule has 5 heteroatoms. The Hall–Kier alpha value is -2.43. The van der Waals surface area contributed by atoms with Crippen LogP contribution in [0.5, 0.6) is 0 Å². The van der Waals surface area contributed by atoms with Gasteiger partial charge in [0.25, 0.3) is 5.56 Å². The highest BCUT2D eigenvalue weighted by Gasteiger charge is 2.12. The monoisotopic (exact) mass is 258 g/mol. The van der Waals surface area contributed by atoms with E-state index >= 15 is 0 Å². The summed E-state index contributed by atoms with van der Waals surface area (Å²) in [6, 6.07) is 8.37. The summed E-state index contributed by atoms with van der Waals surface area (Å²) in [5.74, 6) is -0.247. The van der Waals surface area contributed by atoms with Gasteiger partial charge in [-0.25, -0.2) is 4.79 Å². The molecule has 0 unspecified atom stereocenters. The number of carbonyl (C=O) groups is 1. The molecule has 1 aromatic carbocycles. The first-order valence-corrected chi connectivity index (χ1v) is 5.86.